The SMILES string of the molecule is CC(=O)N[C@@H]1CCCC[C@@]1(c1ccc(Cl)c(Cl)c1)[N+]1(C)CCCC1. The molecule has 24 heavy (non-hydrogen) atoms. The molecule has 2 atom stereocenters. The van der Waals surface area contributed by atoms with E-state index in [9.17, 15) is 4.79 Å². The third-order valence-corrected chi connectivity index (χ3v) is 6.93. The lowest BCUT2D eigenvalue weighted by atomic mass is 9.70. The third-order valence-electron chi connectivity index (χ3n) is 6.19. The minimum atomic E-state index is -0.116. The molecular weight excluding hydrogens is 343 g/mol. The van der Waals surface area contributed by atoms with Gasteiger partial charge < -0.3 is 9.80 Å². The summed E-state index contributed by atoms with van der Waals surface area (Å²) >= 11 is 12.5. The topological polar surface area (TPSA) is 29.1 Å². The molecule has 0 radical (unpaired) electrons. The molecule has 1 N–H and O–H groups in total. The van der Waals surface area contributed by atoms with Crippen molar-refractivity contribution >= 4 is 29.1 Å². The van der Waals surface area contributed by atoms with E-state index in [1.807, 2.05) is 12.1 Å². The Morgan fingerprint density at radius 1 is 1.17 bits per heavy atom. The molecule has 1 aliphatic carbocycles. The predicted molar refractivity (Wildman–Crippen MR) is 99.4 cm³/mol. The molecule has 2 aliphatic rings. The molecule has 3 rings (SSSR count). The van der Waals surface area contributed by atoms with Crippen LogP contribution in [0.25, 0.3) is 0 Å². The zero-order valence-corrected chi connectivity index (χ0v) is 16.1. The Balaban J connectivity index is 2.15. The highest BCUT2D eigenvalue weighted by atomic mass is 35.5. The highest BCUT2D eigenvalue weighted by molar-refractivity contribution is 6.42. The molecule has 1 amide bonds. The van der Waals surface area contributed by atoms with Gasteiger partial charge in [0, 0.05) is 31.7 Å². The van der Waals surface area contributed by atoms with Crippen molar-refractivity contribution < 1.29 is 9.28 Å². The van der Waals surface area contributed by atoms with Crippen LogP contribution in [0.4, 0.5) is 0 Å². The molecule has 1 saturated carbocycles. The summed E-state index contributed by atoms with van der Waals surface area (Å²) in [4.78, 5) is 11.9. The summed E-state index contributed by atoms with van der Waals surface area (Å²) < 4.78 is 0.982. The lowest BCUT2D eigenvalue weighted by Gasteiger charge is -2.55. The molecular formula is C19H27Cl2N2O+. The number of likely N-dealkylation sites (N-methyl/N-ethyl adjacent to an activating group) is 1. The average Bonchev–Trinajstić information content (AvgIpc) is 2.98. The molecule has 1 saturated heterocycles. The van der Waals surface area contributed by atoms with E-state index in [2.05, 4.69) is 18.4 Å². The highest BCUT2D eigenvalue weighted by Crippen LogP contribution is 2.49. The number of amides is 1. The number of hydrogen-bond acceptors (Lipinski definition) is 1. The van der Waals surface area contributed by atoms with E-state index in [0.717, 1.165) is 36.8 Å². The second kappa shape index (κ2) is 6.86. The van der Waals surface area contributed by atoms with Crippen LogP contribution in [-0.4, -0.2) is 36.6 Å². The van der Waals surface area contributed by atoms with Gasteiger partial charge in [-0.1, -0.05) is 35.7 Å². The molecule has 1 aliphatic heterocycles. The van der Waals surface area contributed by atoms with Crippen LogP contribution >= 0.6 is 23.2 Å². The quantitative estimate of drug-likeness (QED) is 0.780. The lowest BCUT2D eigenvalue weighted by molar-refractivity contribution is -0.960. The molecule has 5 heteroatoms. The maximum atomic E-state index is 11.9. The first-order chi connectivity index (χ1) is 11.4. The first kappa shape index (κ1) is 18.0. The van der Waals surface area contributed by atoms with Crippen LogP contribution in [0.2, 0.25) is 10.0 Å². The number of halogens is 2. The number of carbonyl (C=O) groups is 1. The van der Waals surface area contributed by atoms with Gasteiger partial charge in [-0.25, -0.2) is 0 Å². The van der Waals surface area contributed by atoms with Gasteiger partial charge in [0.2, 0.25) is 5.91 Å². The van der Waals surface area contributed by atoms with Crippen LogP contribution in [0.5, 0.6) is 0 Å². The predicted octanol–water partition coefficient (Wildman–Crippen LogP) is 4.51. The number of nitrogens with zero attached hydrogens (tertiary/aromatic N) is 1. The number of quaternary nitrogens is 1. The van der Waals surface area contributed by atoms with Gasteiger partial charge in [0.15, 0.2) is 0 Å². The van der Waals surface area contributed by atoms with Gasteiger partial charge in [0.1, 0.15) is 5.54 Å². The molecule has 1 heterocycles. The van der Waals surface area contributed by atoms with Crippen molar-refractivity contribution in [3.05, 3.63) is 33.8 Å². The van der Waals surface area contributed by atoms with Crippen LogP contribution in [0.15, 0.2) is 18.2 Å². The molecule has 2 fully saturated rings. The van der Waals surface area contributed by atoms with E-state index in [0.29, 0.717) is 10.0 Å². The average molecular weight is 370 g/mol. The van der Waals surface area contributed by atoms with Gasteiger partial charge >= 0.3 is 0 Å². The van der Waals surface area contributed by atoms with Crippen LogP contribution < -0.4 is 5.32 Å². The van der Waals surface area contributed by atoms with Crippen molar-refractivity contribution in [3.8, 4) is 0 Å². The monoisotopic (exact) mass is 369 g/mol. The van der Waals surface area contributed by atoms with Gasteiger partial charge in [-0.2, -0.15) is 0 Å². The second-order valence-corrected chi connectivity index (χ2v) is 8.42. The van der Waals surface area contributed by atoms with E-state index < -0.39 is 0 Å². The van der Waals surface area contributed by atoms with Crippen LogP contribution in [0.1, 0.15) is 51.0 Å². The Morgan fingerprint density at radius 3 is 2.50 bits per heavy atom. The normalized spacial score (nSPS) is 29.4. The number of nitrogens with one attached hydrogen (secondary N) is 1. The minimum Gasteiger partial charge on any atom is -0.347 e. The van der Waals surface area contributed by atoms with Gasteiger partial charge in [0.05, 0.1) is 36.2 Å². The Kier molecular flexibility index (Phi) is 5.15. The van der Waals surface area contributed by atoms with E-state index in [4.69, 9.17) is 23.2 Å². The Hall–Kier alpha value is -0.770. The number of hydrogen-bond donors (Lipinski definition) is 1. The summed E-state index contributed by atoms with van der Waals surface area (Å²) in [5.41, 5.74) is 1.11. The Bertz CT molecular complexity index is 628. The molecule has 0 bridgehead atoms. The van der Waals surface area contributed by atoms with Gasteiger partial charge in [0.25, 0.3) is 0 Å². The molecule has 0 spiro atoms. The first-order valence-corrected chi connectivity index (χ1v) is 9.72. The van der Waals surface area contributed by atoms with Crippen molar-refractivity contribution in [1.29, 1.82) is 0 Å². The highest BCUT2D eigenvalue weighted by Gasteiger charge is 2.57. The zero-order chi connectivity index (χ0) is 17.4. The van der Waals surface area contributed by atoms with Crippen molar-refractivity contribution in [2.45, 2.75) is 57.0 Å². The summed E-state index contributed by atoms with van der Waals surface area (Å²) in [6.45, 7) is 3.92. The Morgan fingerprint density at radius 2 is 1.88 bits per heavy atom. The third kappa shape index (κ3) is 2.95. The van der Waals surface area contributed by atoms with E-state index in [1.165, 1.54) is 24.8 Å². The molecule has 3 nitrogen and oxygen atoms in total. The van der Waals surface area contributed by atoms with Crippen LogP contribution in [0, 0.1) is 0 Å². The standard InChI is InChI=1S/C19H26Cl2N2O/c1-14(24)22-18-7-3-4-10-19(18,23(2)11-5-6-12-23)15-8-9-16(20)17(21)13-15/h8-9,13,18H,3-7,10-12H2,1-2H3/p+1/t18-,19+/m1/s1. The summed E-state index contributed by atoms with van der Waals surface area (Å²) in [5, 5.41) is 4.47. The van der Waals surface area contributed by atoms with Gasteiger partial charge in [-0.05, 0) is 25.0 Å². The van der Waals surface area contributed by atoms with E-state index in [-0.39, 0.29) is 17.5 Å². The second-order valence-electron chi connectivity index (χ2n) is 7.60. The number of rotatable bonds is 3. The first-order valence-electron chi connectivity index (χ1n) is 8.96. The largest absolute Gasteiger partial charge is 0.347 e. The summed E-state index contributed by atoms with van der Waals surface area (Å²) in [5.74, 6) is 0.0529. The van der Waals surface area contributed by atoms with Gasteiger partial charge in [-0.15, -0.1) is 0 Å². The number of carbonyl (C=O) groups excluding carboxylic acids is 1. The minimum absolute atomic E-state index is 0.0529. The molecule has 132 valence electrons. The summed E-state index contributed by atoms with van der Waals surface area (Å²) in [6.07, 6.45) is 6.93. The fourth-order valence-electron chi connectivity index (χ4n) is 5.09. The number of likely N-dealkylation sites (tertiary alicyclic amines) is 1. The van der Waals surface area contributed by atoms with E-state index >= 15 is 0 Å². The molecule has 0 aromatic heterocycles. The van der Waals surface area contributed by atoms with Crippen molar-refractivity contribution in [3.63, 3.8) is 0 Å². The summed E-state index contributed by atoms with van der Waals surface area (Å²) in [7, 11) is 2.36. The van der Waals surface area contributed by atoms with Crippen LogP contribution in [0.3, 0.4) is 0 Å². The van der Waals surface area contributed by atoms with Gasteiger partial charge in [-0.3, -0.25) is 4.79 Å². The molecule has 1 aromatic carbocycles. The molecule has 0 unspecified atom stereocenters. The fourth-order valence-corrected chi connectivity index (χ4v) is 5.39. The van der Waals surface area contributed by atoms with Crippen molar-refractivity contribution in [2.75, 3.05) is 20.1 Å². The van der Waals surface area contributed by atoms with Crippen LogP contribution in [-0.2, 0) is 10.3 Å². The van der Waals surface area contributed by atoms with E-state index in [1.54, 1.807) is 6.92 Å². The van der Waals surface area contributed by atoms with Crippen molar-refractivity contribution in [1.82, 2.24) is 5.32 Å². The fraction of sp³-hybridized carbons (Fsp3) is 0.632. The Labute approximate surface area is 154 Å². The summed E-state index contributed by atoms with van der Waals surface area (Å²) in [6, 6.07) is 6.20. The van der Waals surface area contributed by atoms with Crippen molar-refractivity contribution in [2.24, 2.45) is 0 Å². The maximum absolute atomic E-state index is 11.9. The number of benzene rings is 1. The maximum Gasteiger partial charge on any atom is 0.217 e. The molecule has 1 aromatic rings. The lowest BCUT2D eigenvalue weighted by Crippen LogP contribution is -2.68. The zero-order valence-electron chi connectivity index (χ0n) is 14.6. The smallest absolute Gasteiger partial charge is 0.217 e.